The third kappa shape index (κ3) is 2.95. The number of rotatable bonds is 4. The van der Waals surface area contributed by atoms with Crippen LogP contribution in [0.2, 0.25) is 0 Å². The van der Waals surface area contributed by atoms with E-state index < -0.39 is 0 Å². The summed E-state index contributed by atoms with van der Waals surface area (Å²) in [6, 6.07) is 6.47. The molecule has 0 aliphatic heterocycles. The maximum absolute atomic E-state index is 9.02. The van der Waals surface area contributed by atoms with E-state index in [0.717, 1.165) is 16.6 Å². The van der Waals surface area contributed by atoms with Crippen LogP contribution in [0.3, 0.4) is 0 Å². The molecule has 84 valence electrons. The zero-order valence-electron chi connectivity index (χ0n) is 9.50. The normalized spacial score (nSPS) is 10.8. The first-order valence-corrected chi connectivity index (χ1v) is 6.05. The predicted molar refractivity (Wildman–Crippen MR) is 68.2 cm³/mol. The zero-order valence-corrected chi connectivity index (χ0v) is 11.1. The van der Waals surface area contributed by atoms with Gasteiger partial charge in [-0.25, -0.2) is 0 Å². The fraction of sp³-hybridized carbons (Fsp3) is 0.500. The van der Waals surface area contributed by atoms with Crippen LogP contribution in [0.15, 0.2) is 22.7 Å². The summed E-state index contributed by atoms with van der Waals surface area (Å²) in [6.07, 6.45) is 0. The van der Waals surface area contributed by atoms with Crippen LogP contribution < -0.4 is 4.90 Å². The summed E-state index contributed by atoms with van der Waals surface area (Å²) >= 11 is 3.54. The van der Waals surface area contributed by atoms with Gasteiger partial charge in [-0.2, -0.15) is 0 Å². The molecule has 1 rings (SSSR count). The second-order valence-corrected chi connectivity index (χ2v) is 4.68. The van der Waals surface area contributed by atoms with Crippen LogP contribution in [0, 0.1) is 0 Å². The molecule has 15 heavy (non-hydrogen) atoms. The fourth-order valence-corrected chi connectivity index (χ4v) is 2.35. The van der Waals surface area contributed by atoms with Crippen molar-refractivity contribution in [1.29, 1.82) is 0 Å². The molecular formula is C12H18BrNO. The van der Waals surface area contributed by atoms with E-state index in [9.17, 15) is 0 Å². The molecule has 2 nitrogen and oxygen atoms in total. The van der Waals surface area contributed by atoms with Crippen LogP contribution in [0.4, 0.5) is 5.69 Å². The predicted octanol–water partition coefficient (Wildman–Crippen LogP) is 3.18. The minimum Gasteiger partial charge on any atom is -0.392 e. The summed E-state index contributed by atoms with van der Waals surface area (Å²) in [4.78, 5) is 2.31. The van der Waals surface area contributed by atoms with Gasteiger partial charge in [-0.3, -0.25) is 0 Å². The van der Waals surface area contributed by atoms with E-state index in [1.54, 1.807) is 0 Å². The highest BCUT2D eigenvalue weighted by Gasteiger charge is 2.11. The van der Waals surface area contributed by atoms with Gasteiger partial charge in [-0.15, -0.1) is 0 Å². The molecule has 1 aromatic rings. The van der Waals surface area contributed by atoms with Gasteiger partial charge in [0.15, 0.2) is 0 Å². The van der Waals surface area contributed by atoms with Crippen LogP contribution in [0.1, 0.15) is 26.3 Å². The van der Waals surface area contributed by atoms with Crippen molar-refractivity contribution in [2.45, 2.75) is 33.4 Å². The van der Waals surface area contributed by atoms with Gasteiger partial charge in [0.2, 0.25) is 0 Å². The molecule has 0 radical (unpaired) electrons. The average molecular weight is 272 g/mol. The first-order valence-electron chi connectivity index (χ1n) is 5.26. The highest BCUT2D eigenvalue weighted by atomic mass is 79.9. The second-order valence-electron chi connectivity index (χ2n) is 3.82. The molecule has 0 aliphatic rings. The summed E-state index contributed by atoms with van der Waals surface area (Å²) in [5, 5.41) is 9.02. The molecule has 1 N–H and O–H groups in total. The summed E-state index contributed by atoms with van der Waals surface area (Å²) < 4.78 is 1.05. The van der Waals surface area contributed by atoms with Crippen molar-refractivity contribution in [3.8, 4) is 0 Å². The smallest absolute Gasteiger partial charge is 0.0682 e. The Morgan fingerprint density at radius 2 is 2.07 bits per heavy atom. The summed E-state index contributed by atoms with van der Waals surface area (Å²) in [5.74, 6) is 0. The van der Waals surface area contributed by atoms with Crippen molar-refractivity contribution in [3.05, 3.63) is 28.2 Å². The van der Waals surface area contributed by atoms with Crippen LogP contribution >= 0.6 is 15.9 Å². The van der Waals surface area contributed by atoms with E-state index in [0.29, 0.717) is 6.04 Å². The molecule has 1 aromatic carbocycles. The lowest BCUT2D eigenvalue weighted by atomic mass is 10.2. The summed E-state index contributed by atoms with van der Waals surface area (Å²) in [7, 11) is 0. The highest BCUT2D eigenvalue weighted by Crippen LogP contribution is 2.28. The van der Waals surface area contributed by atoms with Crippen LogP contribution in [-0.4, -0.2) is 17.7 Å². The lowest BCUT2D eigenvalue weighted by Crippen LogP contribution is -2.30. The van der Waals surface area contributed by atoms with E-state index >= 15 is 0 Å². The van der Waals surface area contributed by atoms with Gasteiger partial charge >= 0.3 is 0 Å². The van der Waals surface area contributed by atoms with Gasteiger partial charge in [0.25, 0.3) is 0 Å². The molecule has 0 amide bonds. The first kappa shape index (κ1) is 12.5. The number of benzene rings is 1. The summed E-state index contributed by atoms with van der Waals surface area (Å²) in [5.41, 5.74) is 2.12. The highest BCUT2D eigenvalue weighted by molar-refractivity contribution is 9.10. The number of nitrogens with zero attached hydrogens (tertiary/aromatic N) is 1. The molecule has 0 fully saturated rings. The lowest BCUT2D eigenvalue weighted by molar-refractivity contribution is 0.282. The van der Waals surface area contributed by atoms with E-state index in [1.165, 1.54) is 5.69 Å². The topological polar surface area (TPSA) is 23.5 Å². The molecule has 0 unspecified atom stereocenters. The molecule has 0 saturated heterocycles. The van der Waals surface area contributed by atoms with Crippen molar-refractivity contribution in [2.24, 2.45) is 0 Å². The van der Waals surface area contributed by atoms with Gasteiger partial charge < -0.3 is 10.0 Å². The quantitative estimate of drug-likeness (QED) is 0.910. The molecule has 0 saturated carbocycles. The van der Waals surface area contributed by atoms with Crippen molar-refractivity contribution in [3.63, 3.8) is 0 Å². The Morgan fingerprint density at radius 1 is 1.40 bits per heavy atom. The van der Waals surface area contributed by atoms with Crippen LogP contribution in [0.25, 0.3) is 0 Å². The molecule has 0 bridgehead atoms. The van der Waals surface area contributed by atoms with Crippen molar-refractivity contribution in [2.75, 3.05) is 11.4 Å². The van der Waals surface area contributed by atoms with E-state index in [4.69, 9.17) is 5.11 Å². The Morgan fingerprint density at radius 3 is 2.47 bits per heavy atom. The van der Waals surface area contributed by atoms with Gasteiger partial charge in [0.05, 0.1) is 12.3 Å². The van der Waals surface area contributed by atoms with E-state index in [1.807, 2.05) is 12.1 Å². The number of aliphatic hydroxyl groups is 1. The molecular weight excluding hydrogens is 254 g/mol. The van der Waals surface area contributed by atoms with Crippen molar-refractivity contribution in [1.82, 2.24) is 0 Å². The van der Waals surface area contributed by atoms with E-state index in [-0.39, 0.29) is 6.61 Å². The van der Waals surface area contributed by atoms with Gasteiger partial charge in [0, 0.05) is 17.1 Å². The standard InChI is InChI=1S/C12H18BrNO/c1-4-14(9(2)3)12-6-5-10(8-15)7-11(12)13/h5-7,9,15H,4,8H2,1-3H3. The van der Waals surface area contributed by atoms with Gasteiger partial charge in [0.1, 0.15) is 0 Å². The number of halogens is 1. The maximum atomic E-state index is 9.02. The molecule has 3 heteroatoms. The minimum absolute atomic E-state index is 0.0900. The number of anilines is 1. The molecule has 0 atom stereocenters. The maximum Gasteiger partial charge on any atom is 0.0682 e. The second kappa shape index (κ2) is 5.52. The Labute approximate surface area is 100 Å². The summed E-state index contributed by atoms with van der Waals surface area (Å²) in [6.45, 7) is 7.57. The van der Waals surface area contributed by atoms with Crippen LogP contribution in [-0.2, 0) is 6.61 Å². The Bertz CT molecular complexity index is 325. The van der Waals surface area contributed by atoms with Crippen LogP contribution in [0.5, 0.6) is 0 Å². The largest absolute Gasteiger partial charge is 0.392 e. The molecule has 0 spiro atoms. The minimum atomic E-state index is 0.0900. The Kier molecular flexibility index (Phi) is 4.61. The van der Waals surface area contributed by atoms with Gasteiger partial charge in [-0.05, 0) is 54.4 Å². The third-order valence-electron chi connectivity index (χ3n) is 2.47. The lowest BCUT2D eigenvalue weighted by Gasteiger charge is -2.28. The molecule has 0 aromatic heterocycles. The van der Waals surface area contributed by atoms with Gasteiger partial charge in [-0.1, -0.05) is 6.07 Å². The third-order valence-corrected chi connectivity index (χ3v) is 3.10. The molecule has 0 heterocycles. The fourth-order valence-electron chi connectivity index (χ4n) is 1.70. The Balaban J connectivity index is 3.03. The number of hydrogen-bond acceptors (Lipinski definition) is 2. The van der Waals surface area contributed by atoms with Crippen molar-refractivity contribution < 1.29 is 5.11 Å². The number of hydrogen-bond donors (Lipinski definition) is 1. The number of aliphatic hydroxyl groups excluding tert-OH is 1. The first-order chi connectivity index (χ1) is 7.10. The zero-order chi connectivity index (χ0) is 11.4. The molecule has 0 aliphatic carbocycles. The average Bonchev–Trinajstić information content (AvgIpc) is 2.20. The van der Waals surface area contributed by atoms with E-state index in [2.05, 4.69) is 47.7 Å². The Hall–Kier alpha value is -0.540. The SMILES string of the molecule is CCN(c1ccc(CO)cc1Br)C(C)C. The monoisotopic (exact) mass is 271 g/mol. The van der Waals surface area contributed by atoms with Crippen molar-refractivity contribution >= 4 is 21.6 Å².